The molecule has 0 spiro atoms. The van der Waals surface area contributed by atoms with Crippen LogP contribution in [-0.2, 0) is 44.7 Å². The highest BCUT2D eigenvalue weighted by Crippen LogP contribution is 2.42. The lowest BCUT2D eigenvalue weighted by Crippen LogP contribution is -2.38. The molecule has 0 saturated heterocycles. The van der Waals surface area contributed by atoms with Crippen LogP contribution in [0.4, 0.5) is 0 Å². The van der Waals surface area contributed by atoms with Crippen molar-refractivity contribution in [3.63, 3.8) is 0 Å². The summed E-state index contributed by atoms with van der Waals surface area (Å²) in [7, 11) is 13.3. The molecule has 14 heteroatoms. The lowest BCUT2D eigenvalue weighted by Gasteiger charge is -2.38. The van der Waals surface area contributed by atoms with E-state index in [0.717, 1.165) is 105 Å². The van der Waals surface area contributed by atoms with Crippen LogP contribution in [0.25, 0.3) is 0 Å². The second-order valence-electron chi connectivity index (χ2n) is 16.2. The SMILES string of the molecule is CCCN1CCc2cc(OC)c(OC)cc2C1Cc1ccc(OC)c(OC)c1.COc1ccc(CC2c3cc(OC)c(OC)cc3CCN2CCC(=O)OCCCCCOC=O)cc1OC. The molecule has 0 bridgehead atoms. The Kier molecular flexibility index (Phi) is 20.4. The Bertz CT molecular complexity index is 2160. The third-order valence-electron chi connectivity index (χ3n) is 12.3. The van der Waals surface area contributed by atoms with Gasteiger partial charge in [0.05, 0.1) is 76.5 Å². The van der Waals surface area contributed by atoms with Crippen LogP contribution in [0.3, 0.4) is 0 Å². The highest BCUT2D eigenvalue weighted by Gasteiger charge is 2.31. The van der Waals surface area contributed by atoms with Gasteiger partial charge in [0.1, 0.15) is 0 Å². The van der Waals surface area contributed by atoms with Gasteiger partial charge >= 0.3 is 5.97 Å². The van der Waals surface area contributed by atoms with E-state index in [1.807, 2.05) is 24.3 Å². The van der Waals surface area contributed by atoms with Crippen LogP contribution in [-0.4, -0.2) is 119 Å². The summed E-state index contributed by atoms with van der Waals surface area (Å²) in [5, 5.41) is 0. The third kappa shape index (κ3) is 13.4. The minimum absolute atomic E-state index is 0.0299. The van der Waals surface area contributed by atoms with Crippen LogP contribution in [0, 0.1) is 0 Å². The van der Waals surface area contributed by atoms with Gasteiger partial charge in [0.25, 0.3) is 6.47 Å². The first-order valence-corrected chi connectivity index (χ1v) is 22.8. The van der Waals surface area contributed by atoms with Crippen molar-refractivity contribution in [3.05, 3.63) is 94.0 Å². The zero-order valence-electron chi connectivity index (χ0n) is 40.4. The smallest absolute Gasteiger partial charge is 0.307 e. The molecule has 0 saturated carbocycles. The molecule has 6 rings (SSSR count). The van der Waals surface area contributed by atoms with Crippen molar-refractivity contribution in [1.82, 2.24) is 9.80 Å². The van der Waals surface area contributed by atoms with Gasteiger partial charge < -0.3 is 47.4 Å². The van der Waals surface area contributed by atoms with Gasteiger partial charge in [-0.25, -0.2) is 0 Å². The Morgan fingerprint density at radius 2 is 0.970 bits per heavy atom. The van der Waals surface area contributed by atoms with Gasteiger partial charge in [-0.15, -0.1) is 0 Å². The highest BCUT2D eigenvalue weighted by atomic mass is 16.5. The molecule has 2 heterocycles. The average molecular weight is 915 g/mol. The Hall–Kier alpha value is -5.86. The van der Waals surface area contributed by atoms with E-state index in [2.05, 4.69) is 57.9 Å². The van der Waals surface area contributed by atoms with Gasteiger partial charge in [-0.3, -0.25) is 19.4 Å². The molecular weight excluding hydrogens is 845 g/mol. The molecule has 66 heavy (non-hydrogen) atoms. The van der Waals surface area contributed by atoms with Crippen LogP contribution in [0.1, 0.15) is 84.5 Å². The van der Waals surface area contributed by atoms with Crippen LogP contribution in [0.5, 0.6) is 46.0 Å². The summed E-state index contributed by atoms with van der Waals surface area (Å²) in [5.74, 6) is 5.67. The fourth-order valence-corrected chi connectivity index (χ4v) is 8.93. The summed E-state index contributed by atoms with van der Waals surface area (Å²) < 4.78 is 54.2. The van der Waals surface area contributed by atoms with Crippen LogP contribution in [0.15, 0.2) is 60.7 Å². The third-order valence-corrected chi connectivity index (χ3v) is 12.3. The molecule has 14 nitrogen and oxygen atoms in total. The zero-order valence-corrected chi connectivity index (χ0v) is 40.4. The topological polar surface area (TPSA) is 133 Å². The summed E-state index contributed by atoms with van der Waals surface area (Å²) in [6.45, 7) is 6.96. The number of esters is 1. The molecule has 0 fully saturated rings. The van der Waals surface area contributed by atoms with Crippen LogP contribution >= 0.6 is 0 Å². The van der Waals surface area contributed by atoms with E-state index in [1.54, 1.807) is 56.9 Å². The number of hydrogen-bond acceptors (Lipinski definition) is 14. The number of ether oxygens (including phenoxy) is 10. The first-order chi connectivity index (χ1) is 32.2. The molecule has 0 radical (unpaired) electrons. The molecule has 0 amide bonds. The second kappa shape index (κ2) is 26.3. The fraction of sp³-hybridized carbons (Fsp3) is 0.500. The number of carbonyl (C=O) groups is 2. The van der Waals surface area contributed by atoms with E-state index in [-0.39, 0.29) is 12.0 Å². The molecule has 2 aliphatic heterocycles. The maximum Gasteiger partial charge on any atom is 0.307 e. The Labute approximate surface area is 391 Å². The number of benzene rings is 4. The van der Waals surface area contributed by atoms with Crippen molar-refractivity contribution < 1.29 is 57.0 Å². The van der Waals surface area contributed by atoms with E-state index in [0.29, 0.717) is 61.7 Å². The maximum atomic E-state index is 12.5. The molecule has 4 aromatic carbocycles. The fourth-order valence-electron chi connectivity index (χ4n) is 8.93. The van der Waals surface area contributed by atoms with Gasteiger partial charge in [-0.1, -0.05) is 19.1 Å². The number of nitrogens with zero attached hydrogens (tertiary/aromatic N) is 2. The van der Waals surface area contributed by atoms with E-state index in [4.69, 9.17) is 42.6 Å². The number of fused-ring (bicyclic) bond motifs is 2. The van der Waals surface area contributed by atoms with Gasteiger partial charge in [0, 0.05) is 31.7 Å². The van der Waals surface area contributed by atoms with Gasteiger partial charge in [0.2, 0.25) is 0 Å². The van der Waals surface area contributed by atoms with Crippen molar-refractivity contribution >= 4 is 12.4 Å². The van der Waals surface area contributed by atoms with E-state index >= 15 is 0 Å². The zero-order chi connectivity index (χ0) is 47.4. The lowest BCUT2D eigenvalue weighted by molar-refractivity contribution is -0.144. The van der Waals surface area contributed by atoms with Gasteiger partial charge in [-0.05, 0) is 140 Å². The maximum absolute atomic E-state index is 12.5. The van der Waals surface area contributed by atoms with Gasteiger partial charge in [0.15, 0.2) is 46.0 Å². The lowest BCUT2D eigenvalue weighted by atomic mass is 9.88. The molecule has 2 atom stereocenters. The molecule has 0 aromatic heterocycles. The molecule has 4 aromatic rings. The van der Waals surface area contributed by atoms with Crippen LogP contribution < -0.4 is 37.9 Å². The molecule has 360 valence electrons. The molecule has 2 aliphatic rings. The van der Waals surface area contributed by atoms with E-state index in [1.165, 1.54) is 22.3 Å². The van der Waals surface area contributed by atoms with Crippen molar-refractivity contribution in [2.24, 2.45) is 0 Å². The average Bonchev–Trinajstić information content (AvgIpc) is 3.35. The largest absolute Gasteiger partial charge is 0.493 e. The standard InChI is InChI=1S/C29H39NO8.C23H31NO4/c1-33-25-9-8-21(17-26(25)34-2)16-24-23-19-28(36-4)27(35-3)18-22(23)10-12-30(24)13-11-29(32)38-15-7-5-6-14-37-20-31;1-6-10-24-11-9-17-14-22(27-4)23(28-5)15-18(17)19(24)12-16-7-8-20(25-2)21(13-16)26-3/h8-9,17-20,24H,5-7,10-16H2,1-4H3;7-8,13-15,19H,6,9-12H2,1-5H3. The Morgan fingerprint density at radius 1 is 0.545 bits per heavy atom. The number of rotatable bonds is 24. The Morgan fingerprint density at radius 3 is 1.41 bits per heavy atom. The van der Waals surface area contributed by atoms with E-state index in [9.17, 15) is 9.59 Å². The summed E-state index contributed by atoms with van der Waals surface area (Å²) in [6.07, 6.45) is 7.27. The summed E-state index contributed by atoms with van der Waals surface area (Å²) in [4.78, 5) is 27.6. The van der Waals surface area contributed by atoms with Gasteiger partial charge in [-0.2, -0.15) is 0 Å². The summed E-state index contributed by atoms with van der Waals surface area (Å²) >= 11 is 0. The molecule has 0 aliphatic carbocycles. The minimum atomic E-state index is -0.211. The molecule has 0 N–H and O–H groups in total. The molecular formula is C52H70N2O12. The normalized spacial score (nSPS) is 15.5. The predicted octanol–water partition coefficient (Wildman–Crippen LogP) is 8.41. The number of carbonyl (C=O) groups excluding carboxylic acids is 2. The number of methoxy groups -OCH3 is 8. The number of hydrogen-bond donors (Lipinski definition) is 0. The first-order valence-electron chi connectivity index (χ1n) is 22.8. The van der Waals surface area contributed by atoms with Crippen molar-refractivity contribution in [2.75, 3.05) is 96.3 Å². The summed E-state index contributed by atoms with van der Waals surface area (Å²) in [5.41, 5.74) is 7.37. The van der Waals surface area contributed by atoms with Crippen molar-refractivity contribution in [1.29, 1.82) is 0 Å². The summed E-state index contributed by atoms with van der Waals surface area (Å²) in [6, 6.07) is 20.9. The minimum Gasteiger partial charge on any atom is -0.493 e. The first kappa shape index (κ1) is 51.1. The monoisotopic (exact) mass is 914 g/mol. The number of unbranched alkanes of at least 4 members (excludes halogenated alkanes) is 2. The van der Waals surface area contributed by atoms with Crippen molar-refractivity contribution in [2.45, 2.75) is 76.8 Å². The second-order valence-corrected chi connectivity index (χ2v) is 16.2. The quantitative estimate of drug-likeness (QED) is 0.0379. The predicted molar refractivity (Wildman–Crippen MR) is 253 cm³/mol. The molecule has 2 unspecified atom stereocenters. The van der Waals surface area contributed by atoms with Crippen LogP contribution in [0.2, 0.25) is 0 Å². The van der Waals surface area contributed by atoms with E-state index < -0.39 is 0 Å². The van der Waals surface area contributed by atoms with Crippen molar-refractivity contribution in [3.8, 4) is 46.0 Å². The Balaban J connectivity index is 0.000000259. The highest BCUT2D eigenvalue weighted by molar-refractivity contribution is 5.69.